The summed E-state index contributed by atoms with van der Waals surface area (Å²) in [4.78, 5) is 0. The molecule has 0 aliphatic heterocycles. The predicted octanol–water partition coefficient (Wildman–Crippen LogP) is 30.9. The molecule has 2 heterocycles. The SMILES string of the molecule is CC1(C)c2cc(-c3ccccc3)ccc2-c2ccc(-n3cc(-c4ccc(-c5ccc(-c6cccc7ccccc67)cc5)cc4)c4cc(-c5ccc(-c6ccc(-c7cccc8ccccc78)cc6)cc5)ccc43)cc21.CC1(C)c2cc(-c3ccccc3)ccc2-c2ccc(-n3cc(-c4ccccc4)c4cc(-c5ccccc5)ccc43)cc21. The number of hydrogen-bond donors (Lipinski definition) is 0. The Kier molecular flexibility index (Phi) is 17.0. The Morgan fingerprint density at radius 2 is 0.414 bits per heavy atom. The van der Waals surface area contributed by atoms with Crippen LogP contribution in [-0.2, 0) is 10.8 Å². The minimum absolute atomic E-state index is 0.100. The Morgan fingerprint density at radius 1 is 0.164 bits per heavy atom. The number of fused-ring (bicyclic) bond motifs is 10. The second kappa shape index (κ2) is 28.3. The van der Waals surface area contributed by atoms with Gasteiger partial charge in [0.05, 0.1) is 11.0 Å². The highest BCUT2D eigenvalue weighted by Crippen LogP contribution is 2.53. The summed E-state index contributed by atoms with van der Waals surface area (Å²) in [7, 11) is 0. The molecule has 22 rings (SSSR count). The van der Waals surface area contributed by atoms with Crippen molar-refractivity contribution in [2.24, 2.45) is 0 Å². The lowest BCUT2D eigenvalue weighted by Gasteiger charge is -2.23. The molecule has 2 aliphatic carbocycles. The maximum absolute atomic E-state index is 2.44. The van der Waals surface area contributed by atoms with Gasteiger partial charge < -0.3 is 9.13 Å². The van der Waals surface area contributed by atoms with Gasteiger partial charge in [-0.2, -0.15) is 0 Å². The molecule has 0 amide bonds. The van der Waals surface area contributed by atoms with Gasteiger partial charge in [-0.3, -0.25) is 0 Å². The van der Waals surface area contributed by atoms with Crippen molar-refractivity contribution in [3.63, 3.8) is 0 Å². The van der Waals surface area contributed by atoms with E-state index >= 15 is 0 Å². The van der Waals surface area contributed by atoms with Crippen molar-refractivity contribution in [3.8, 4) is 145 Å². The largest absolute Gasteiger partial charge is 0.316 e. The van der Waals surface area contributed by atoms with Crippen LogP contribution in [-0.4, -0.2) is 9.13 Å². The minimum Gasteiger partial charge on any atom is -0.316 e. The maximum Gasteiger partial charge on any atom is 0.0535 e. The van der Waals surface area contributed by atoms with Gasteiger partial charge in [-0.25, -0.2) is 0 Å². The smallest absolute Gasteiger partial charge is 0.0535 e. The summed E-state index contributed by atoms with van der Waals surface area (Å²) in [5.41, 5.74) is 39.8. The van der Waals surface area contributed by atoms with Crippen LogP contribution in [0.5, 0.6) is 0 Å². The third kappa shape index (κ3) is 12.2. The van der Waals surface area contributed by atoms with E-state index in [1.165, 1.54) is 205 Å². The average molecular weight is 1480 g/mol. The summed E-state index contributed by atoms with van der Waals surface area (Å²) >= 11 is 0. The zero-order chi connectivity index (χ0) is 77.6. The number of benzene rings is 18. The molecule has 2 aromatic heterocycles. The lowest BCUT2D eigenvalue weighted by Crippen LogP contribution is -2.15. The number of hydrogen-bond acceptors (Lipinski definition) is 0. The Hall–Kier alpha value is -14.4. The third-order valence-corrected chi connectivity index (χ3v) is 24.9. The van der Waals surface area contributed by atoms with E-state index in [1.54, 1.807) is 0 Å². The summed E-state index contributed by atoms with van der Waals surface area (Å²) in [5, 5.41) is 7.55. The molecular weight excluding hydrogens is 1400 g/mol. The van der Waals surface area contributed by atoms with Crippen LogP contribution in [0.3, 0.4) is 0 Å². The van der Waals surface area contributed by atoms with Crippen molar-refractivity contribution < 1.29 is 0 Å². The first kappa shape index (κ1) is 69.5. The maximum atomic E-state index is 2.44. The molecule has 548 valence electrons. The highest BCUT2D eigenvalue weighted by atomic mass is 15.0. The quantitative estimate of drug-likeness (QED) is 0.115. The third-order valence-electron chi connectivity index (χ3n) is 24.9. The van der Waals surface area contributed by atoms with Crippen LogP contribution in [0, 0.1) is 0 Å². The summed E-state index contributed by atoms with van der Waals surface area (Å²) < 4.78 is 4.79. The molecule has 2 heteroatoms. The summed E-state index contributed by atoms with van der Waals surface area (Å²) in [6.45, 7) is 9.50. The topological polar surface area (TPSA) is 9.86 Å². The van der Waals surface area contributed by atoms with Gasteiger partial charge in [0.2, 0.25) is 0 Å². The molecule has 0 saturated carbocycles. The van der Waals surface area contributed by atoms with Gasteiger partial charge in [-0.05, 0) is 227 Å². The van der Waals surface area contributed by atoms with Crippen molar-refractivity contribution >= 4 is 43.4 Å². The Bertz CT molecular complexity index is 7150. The van der Waals surface area contributed by atoms with E-state index in [9.17, 15) is 0 Å². The van der Waals surface area contributed by atoms with E-state index in [1.807, 2.05) is 0 Å². The molecule has 2 aliphatic rings. The van der Waals surface area contributed by atoms with Gasteiger partial charge in [-0.15, -0.1) is 0 Å². The molecule has 0 fully saturated rings. The van der Waals surface area contributed by atoms with Gasteiger partial charge >= 0.3 is 0 Å². The monoisotopic (exact) mass is 1480 g/mol. The fourth-order valence-electron chi connectivity index (χ4n) is 18.7. The standard InChI is InChI=1S/C73H51N.C41H31N/c1-73(2)70-45-60(48-12-4-3-5-13-48)38-41-66(70)67-42-40-61(46-71(67)73)74-47-69(58-36-30-52(31-37-58)51-28-34-57(35-29-51)65-21-11-17-55-15-7-9-19-63(55)65)68-44-59(39-43-72(68)74)53-24-22-49(23-25-53)50-26-32-56(33-27-50)64-20-10-16-54-14-6-8-18-62(54)64;1-41(2)38-25-32(29-14-8-4-9-15-29)18-21-34(38)35-22-20-33(26-39(35)41)42-27-37(30-16-10-5-11-17-30)36-24-31(19-23-40(36)42)28-12-6-3-7-13-28/h3-47H,1-2H3;3-27H,1-2H3. The van der Waals surface area contributed by atoms with E-state index in [4.69, 9.17) is 0 Å². The van der Waals surface area contributed by atoms with Crippen LogP contribution in [0.15, 0.2) is 425 Å². The normalized spacial score (nSPS) is 12.8. The molecule has 116 heavy (non-hydrogen) atoms. The van der Waals surface area contributed by atoms with E-state index < -0.39 is 0 Å². The highest BCUT2D eigenvalue weighted by Gasteiger charge is 2.38. The zero-order valence-corrected chi connectivity index (χ0v) is 65.3. The van der Waals surface area contributed by atoms with Gasteiger partial charge in [0.1, 0.15) is 0 Å². The summed E-state index contributed by atoms with van der Waals surface area (Å²) in [5.74, 6) is 0. The molecule has 2 nitrogen and oxygen atoms in total. The van der Waals surface area contributed by atoms with Crippen LogP contribution in [0.4, 0.5) is 0 Å². The van der Waals surface area contributed by atoms with Gasteiger partial charge in [0.15, 0.2) is 0 Å². The molecule has 0 atom stereocenters. The fraction of sp³-hybridized carbons (Fsp3) is 0.0526. The number of aromatic nitrogens is 2. The lowest BCUT2D eigenvalue weighted by atomic mass is 9.81. The van der Waals surface area contributed by atoms with Crippen molar-refractivity contribution in [1.82, 2.24) is 9.13 Å². The van der Waals surface area contributed by atoms with Crippen molar-refractivity contribution in [2.45, 2.75) is 38.5 Å². The first-order chi connectivity index (χ1) is 57.0. The fourth-order valence-corrected chi connectivity index (χ4v) is 18.7. The summed E-state index contributed by atoms with van der Waals surface area (Å²) in [6, 6.07) is 151. The van der Waals surface area contributed by atoms with Gasteiger partial charge in [0.25, 0.3) is 0 Å². The Morgan fingerprint density at radius 3 is 0.784 bits per heavy atom. The average Bonchev–Trinajstić information content (AvgIpc) is 1.57. The number of rotatable bonds is 12. The molecular formula is C114H82N2. The van der Waals surface area contributed by atoms with Crippen LogP contribution in [0.1, 0.15) is 49.9 Å². The molecule has 0 spiro atoms. The van der Waals surface area contributed by atoms with Crippen LogP contribution >= 0.6 is 0 Å². The first-order valence-electron chi connectivity index (χ1n) is 40.5. The predicted molar refractivity (Wildman–Crippen MR) is 491 cm³/mol. The molecule has 0 radical (unpaired) electrons. The molecule has 0 unspecified atom stereocenters. The minimum atomic E-state index is -0.168. The van der Waals surface area contributed by atoms with E-state index in [0.717, 1.165) is 5.69 Å². The molecule has 20 aromatic rings. The number of nitrogens with zero attached hydrogens (tertiary/aromatic N) is 2. The molecule has 0 N–H and O–H groups in total. The Balaban J connectivity index is 0.000000169. The Labute approximate surface area is 678 Å². The zero-order valence-electron chi connectivity index (χ0n) is 65.3. The van der Waals surface area contributed by atoms with Crippen LogP contribution < -0.4 is 0 Å². The van der Waals surface area contributed by atoms with Crippen molar-refractivity contribution in [3.05, 3.63) is 447 Å². The second-order valence-electron chi connectivity index (χ2n) is 32.3. The second-order valence-corrected chi connectivity index (χ2v) is 32.3. The van der Waals surface area contributed by atoms with E-state index in [0.29, 0.717) is 0 Å². The van der Waals surface area contributed by atoms with Gasteiger partial charge in [0, 0.05) is 56.5 Å². The first-order valence-corrected chi connectivity index (χ1v) is 40.5. The molecule has 18 aromatic carbocycles. The lowest BCUT2D eigenvalue weighted by molar-refractivity contribution is 0.660. The van der Waals surface area contributed by atoms with Crippen molar-refractivity contribution in [1.29, 1.82) is 0 Å². The van der Waals surface area contributed by atoms with Crippen LogP contribution in [0.25, 0.3) is 188 Å². The summed E-state index contributed by atoms with van der Waals surface area (Å²) in [6.07, 6.45) is 4.68. The van der Waals surface area contributed by atoms with E-state index in [-0.39, 0.29) is 10.8 Å². The van der Waals surface area contributed by atoms with Gasteiger partial charge in [-0.1, -0.05) is 380 Å². The molecule has 0 bridgehead atoms. The van der Waals surface area contributed by atoms with E-state index in [2.05, 4.69) is 462 Å². The highest BCUT2D eigenvalue weighted by molar-refractivity contribution is 6.03. The van der Waals surface area contributed by atoms with Crippen LogP contribution in [0.2, 0.25) is 0 Å². The molecule has 0 saturated heterocycles. The van der Waals surface area contributed by atoms with Crippen molar-refractivity contribution in [2.75, 3.05) is 0 Å².